The van der Waals surface area contributed by atoms with E-state index in [1.54, 1.807) is 0 Å². The third-order valence-electron chi connectivity index (χ3n) is 3.14. The van der Waals surface area contributed by atoms with Crippen LogP contribution in [0.5, 0.6) is 0 Å². The van der Waals surface area contributed by atoms with E-state index < -0.39 is 0 Å². The Balaban J connectivity index is 1.93. The van der Waals surface area contributed by atoms with Crippen LogP contribution < -0.4 is 0 Å². The van der Waals surface area contributed by atoms with E-state index in [9.17, 15) is 4.79 Å². The minimum Gasteiger partial charge on any atom is -0.396 e. The molecule has 92 valence electrons. The molecule has 1 amide bonds. The lowest BCUT2D eigenvalue weighted by atomic mass is 10.1. The Hall–Kier alpha value is -0.870. The first-order chi connectivity index (χ1) is 8.19. The molecule has 0 aromatic heterocycles. The number of carbonyl (C=O) groups excluding carboxylic acids is 1. The van der Waals surface area contributed by atoms with Crippen LogP contribution in [0.15, 0.2) is 28.7 Å². The van der Waals surface area contributed by atoms with Crippen LogP contribution in [0.1, 0.15) is 12.0 Å². The molecule has 1 fully saturated rings. The minimum absolute atomic E-state index is 0.152. The highest BCUT2D eigenvalue weighted by Gasteiger charge is 2.25. The molecule has 1 aromatic rings. The molecular weight excluding hydrogens is 282 g/mol. The van der Waals surface area contributed by atoms with Crippen molar-refractivity contribution >= 4 is 21.8 Å². The highest BCUT2D eigenvalue weighted by molar-refractivity contribution is 9.10. The van der Waals surface area contributed by atoms with E-state index in [1.807, 2.05) is 29.2 Å². The van der Waals surface area contributed by atoms with Crippen LogP contribution in [-0.4, -0.2) is 35.6 Å². The largest absolute Gasteiger partial charge is 0.396 e. The van der Waals surface area contributed by atoms with E-state index in [1.165, 1.54) is 0 Å². The van der Waals surface area contributed by atoms with Crippen molar-refractivity contribution in [3.63, 3.8) is 0 Å². The number of aliphatic hydroxyl groups excluding tert-OH is 1. The first-order valence-electron chi connectivity index (χ1n) is 5.82. The Morgan fingerprint density at radius 3 is 3.00 bits per heavy atom. The number of carbonyl (C=O) groups is 1. The molecule has 1 heterocycles. The summed E-state index contributed by atoms with van der Waals surface area (Å²) in [5.41, 5.74) is 1.02. The van der Waals surface area contributed by atoms with Gasteiger partial charge in [-0.05, 0) is 24.1 Å². The predicted octanol–water partition coefficient (Wildman–Crippen LogP) is 1.83. The van der Waals surface area contributed by atoms with Crippen LogP contribution in [0.3, 0.4) is 0 Å². The van der Waals surface area contributed by atoms with Crippen molar-refractivity contribution in [2.45, 2.75) is 12.8 Å². The molecule has 1 N–H and O–H groups in total. The van der Waals surface area contributed by atoms with Crippen molar-refractivity contribution < 1.29 is 9.90 Å². The van der Waals surface area contributed by atoms with Gasteiger partial charge in [0.2, 0.25) is 5.91 Å². The van der Waals surface area contributed by atoms with E-state index in [0.717, 1.165) is 23.0 Å². The molecular formula is C13H16BrNO2. The smallest absolute Gasteiger partial charge is 0.227 e. The molecule has 0 aliphatic carbocycles. The van der Waals surface area contributed by atoms with Crippen molar-refractivity contribution in [1.82, 2.24) is 4.90 Å². The highest BCUT2D eigenvalue weighted by atomic mass is 79.9. The quantitative estimate of drug-likeness (QED) is 0.925. The maximum atomic E-state index is 12.0. The summed E-state index contributed by atoms with van der Waals surface area (Å²) in [6, 6.07) is 7.82. The maximum Gasteiger partial charge on any atom is 0.227 e. The van der Waals surface area contributed by atoms with Crippen molar-refractivity contribution in [3.8, 4) is 0 Å². The van der Waals surface area contributed by atoms with Gasteiger partial charge in [-0.1, -0.05) is 28.1 Å². The molecule has 17 heavy (non-hydrogen) atoms. The van der Waals surface area contributed by atoms with Gasteiger partial charge in [0, 0.05) is 30.1 Å². The molecule has 1 aromatic carbocycles. The predicted molar refractivity (Wildman–Crippen MR) is 69.6 cm³/mol. The Kier molecular flexibility index (Phi) is 4.18. The molecule has 4 heteroatoms. The normalized spacial score (nSPS) is 19.6. The monoisotopic (exact) mass is 297 g/mol. The highest BCUT2D eigenvalue weighted by Crippen LogP contribution is 2.18. The number of halogens is 1. The standard InChI is InChI=1S/C13H16BrNO2/c14-12-3-1-2-10(6-12)7-13(17)15-5-4-11(8-15)9-16/h1-3,6,11,16H,4-5,7-9H2. The van der Waals surface area contributed by atoms with Gasteiger partial charge in [0.15, 0.2) is 0 Å². The number of benzene rings is 1. The first-order valence-corrected chi connectivity index (χ1v) is 6.61. The van der Waals surface area contributed by atoms with Gasteiger partial charge in [-0.3, -0.25) is 4.79 Å². The Bertz CT molecular complexity index is 408. The number of hydrogen-bond donors (Lipinski definition) is 1. The van der Waals surface area contributed by atoms with Gasteiger partial charge in [-0.25, -0.2) is 0 Å². The van der Waals surface area contributed by atoms with Crippen molar-refractivity contribution in [2.24, 2.45) is 5.92 Å². The van der Waals surface area contributed by atoms with E-state index in [0.29, 0.717) is 13.0 Å². The van der Waals surface area contributed by atoms with Crippen molar-refractivity contribution in [1.29, 1.82) is 0 Å². The number of nitrogens with zero attached hydrogens (tertiary/aromatic N) is 1. The van der Waals surface area contributed by atoms with Gasteiger partial charge in [0.05, 0.1) is 6.42 Å². The van der Waals surface area contributed by atoms with Crippen molar-refractivity contribution in [3.05, 3.63) is 34.3 Å². The van der Waals surface area contributed by atoms with E-state index >= 15 is 0 Å². The number of amides is 1. The fraction of sp³-hybridized carbons (Fsp3) is 0.462. The van der Waals surface area contributed by atoms with Crippen LogP contribution in [0.25, 0.3) is 0 Å². The molecule has 1 saturated heterocycles. The summed E-state index contributed by atoms with van der Waals surface area (Å²) in [4.78, 5) is 13.9. The zero-order valence-electron chi connectivity index (χ0n) is 9.60. The van der Waals surface area contributed by atoms with Crippen LogP contribution in [0.4, 0.5) is 0 Å². The Morgan fingerprint density at radius 1 is 1.53 bits per heavy atom. The molecule has 3 nitrogen and oxygen atoms in total. The summed E-state index contributed by atoms with van der Waals surface area (Å²) in [6.45, 7) is 1.65. The van der Waals surface area contributed by atoms with E-state index in [2.05, 4.69) is 15.9 Å². The zero-order valence-corrected chi connectivity index (χ0v) is 11.2. The lowest BCUT2D eigenvalue weighted by molar-refractivity contribution is -0.129. The number of hydrogen-bond acceptors (Lipinski definition) is 2. The third kappa shape index (κ3) is 3.30. The zero-order chi connectivity index (χ0) is 12.3. The summed E-state index contributed by atoms with van der Waals surface area (Å²) < 4.78 is 0.998. The van der Waals surface area contributed by atoms with Gasteiger partial charge in [-0.2, -0.15) is 0 Å². The topological polar surface area (TPSA) is 40.5 Å². The minimum atomic E-state index is 0.152. The molecule has 1 unspecified atom stereocenters. The first kappa shape index (κ1) is 12.6. The molecule has 2 rings (SSSR count). The SMILES string of the molecule is O=C(Cc1cccc(Br)c1)N1CCC(CO)C1. The molecule has 0 radical (unpaired) electrons. The lowest BCUT2D eigenvalue weighted by Gasteiger charge is -2.16. The number of rotatable bonds is 3. The lowest BCUT2D eigenvalue weighted by Crippen LogP contribution is -2.30. The molecule has 1 aliphatic heterocycles. The van der Waals surface area contributed by atoms with Gasteiger partial charge in [0.1, 0.15) is 0 Å². The Labute approximate surface area is 110 Å². The Morgan fingerprint density at radius 2 is 2.35 bits per heavy atom. The molecule has 0 spiro atoms. The van der Waals surface area contributed by atoms with E-state index in [4.69, 9.17) is 5.11 Å². The van der Waals surface area contributed by atoms with Gasteiger partial charge in [0.25, 0.3) is 0 Å². The molecule has 0 saturated carbocycles. The fourth-order valence-corrected chi connectivity index (χ4v) is 2.59. The fourth-order valence-electron chi connectivity index (χ4n) is 2.14. The molecule has 0 bridgehead atoms. The van der Waals surface area contributed by atoms with Gasteiger partial charge >= 0.3 is 0 Å². The third-order valence-corrected chi connectivity index (χ3v) is 3.63. The van der Waals surface area contributed by atoms with Gasteiger partial charge in [-0.15, -0.1) is 0 Å². The summed E-state index contributed by atoms with van der Waals surface area (Å²) in [7, 11) is 0. The molecule has 1 atom stereocenters. The van der Waals surface area contributed by atoms with Gasteiger partial charge < -0.3 is 10.0 Å². The van der Waals surface area contributed by atoms with Crippen molar-refractivity contribution in [2.75, 3.05) is 19.7 Å². The maximum absolute atomic E-state index is 12.0. The summed E-state index contributed by atoms with van der Waals surface area (Å²) in [5.74, 6) is 0.417. The second-order valence-corrected chi connectivity index (χ2v) is 5.40. The summed E-state index contributed by atoms with van der Waals surface area (Å²) in [5, 5.41) is 9.05. The second-order valence-electron chi connectivity index (χ2n) is 4.48. The second kappa shape index (κ2) is 5.65. The summed E-state index contributed by atoms with van der Waals surface area (Å²) in [6.07, 6.45) is 1.36. The van der Waals surface area contributed by atoms with Crippen LogP contribution >= 0.6 is 15.9 Å². The average molecular weight is 298 g/mol. The average Bonchev–Trinajstić information content (AvgIpc) is 2.77. The number of likely N-dealkylation sites (tertiary alicyclic amines) is 1. The summed E-state index contributed by atoms with van der Waals surface area (Å²) >= 11 is 3.40. The number of aliphatic hydroxyl groups is 1. The van der Waals surface area contributed by atoms with Crippen LogP contribution in [0, 0.1) is 5.92 Å². The van der Waals surface area contributed by atoms with Crippen LogP contribution in [0.2, 0.25) is 0 Å². The van der Waals surface area contributed by atoms with Crippen LogP contribution in [-0.2, 0) is 11.2 Å². The molecule has 1 aliphatic rings. The van der Waals surface area contributed by atoms with E-state index in [-0.39, 0.29) is 18.4 Å².